The highest BCUT2D eigenvalue weighted by molar-refractivity contribution is 9.10. The Morgan fingerprint density at radius 3 is 2.48 bits per heavy atom. The monoisotopic (exact) mass is 368 g/mol. The van der Waals surface area contributed by atoms with Crippen LogP contribution in [0.25, 0.3) is 11.3 Å². The fraction of sp³-hybridized carbons (Fsp3) is 0.312. The van der Waals surface area contributed by atoms with Crippen LogP contribution in [0.5, 0.6) is 0 Å². The van der Waals surface area contributed by atoms with Crippen molar-refractivity contribution in [3.63, 3.8) is 0 Å². The van der Waals surface area contributed by atoms with Crippen LogP contribution < -0.4 is 0 Å². The molecule has 1 unspecified atom stereocenters. The van der Waals surface area contributed by atoms with Crippen LogP contribution in [-0.2, 0) is 10.5 Å². The van der Waals surface area contributed by atoms with E-state index in [1.807, 2.05) is 50.2 Å². The predicted octanol–water partition coefficient (Wildman–Crippen LogP) is 5.05. The normalized spacial score (nSPS) is 12.6. The van der Waals surface area contributed by atoms with Crippen LogP contribution in [0.1, 0.15) is 19.6 Å². The topological polar surface area (TPSA) is 50.4 Å². The molecule has 0 bridgehead atoms. The molecule has 112 valence electrons. The first-order chi connectivity index (χ1) is 9.97. The highest BCUT2D eigenvalue weighted by Crippen LogP contribution is 2.28. The first kappa shape index (κ1) is 16.2. The van der Waals surface area contributed by atoms with Crippen LogP contribution in [0.4, 0.5) is 0 Å². The highest BCUT2D eigenvalue weighted by atomic mass is 79.9. The molecule has 0 aliphatic rings. The number of carboxylic acid groups (broad SMARTS) is 1. The Bertz CT molecular complexity index is 604. The fourth-order valence-electron chi connectivity index (χ4n) is 1.95. The average molecular weight is 369 g/mol. The first-order valence-electron chi connectivity index (χ1n) is 6.66. The molecule has 0 saturated heterocycles. The second kappa shape index (κ2) is 7.18. The second-order valence-electron chi connectivity index (χ2n) is 5.09. The average Bonchev–Trinajstić information content (AvgIpc) is 2.87. The Balaban J connectivity index is 2.03. The molecule has 1 N–H and O–H groups in total. The highest BCUT2D eigenvalue weighted by Gasteiger charge is 2.22. The largest absolute Gasteiger partial charge is 0.480 e. The van der Waals surface area contributed by atoms with Crippen molar-refractivity contribution in [2.24, 2.45) is 5.92 Å². The molecule has 21 heavy (non-hydrogen) atoms. The van der Waals surface area contributed by atoms with E-state index < -0.39 is 11.2 Å². The van der Waals surface area contributed by atoms with Gasteiger partial charge in [0.25, 0.3) is 0 Å². The molecule has 2 rings (SSSR count). The van der Waals surface area contributed by atoms with E-state index in [1.54, 1.807) is 0 Å². The maximum absolute atomic E-state index is 11.2. The maximum atomic E-state index is 11.2. The summed E-state index contributed by atoms with van der Waals surface area (Å²) in [5.74, 6) is 1.48. The van der Waals surface area contributed by atoms with Gasteiger partial charge in [0.2, 0.25) is 0 Å². The second-order valence-corrected chi connectivity index (χ2v) is 7.13. The smallest absolute Gasteiger partial charge is 0.316 e. The van der Waals surface area contributed by atoms with Gasteiger partial charge in [0.1, 0.15) is 16.8 Å². The third kappa shape index (κ3) is 4.38. The summed E-state index contributed by atoms with van der Waals surface area (Å²) in [5.41, 5.74) is 1.01. The van der Waals surface area contributed by atoms with Gasteiger partial charge in [0.15, 0.2) is 0 Å². The molecule has 0 amide bonds. The lowest BCUT2D eigenvalue weighted by Crippen LogP contribution is -2.22. The molecule has 1 heterocycles. The minimum atomic E-state index is -0.769. The number of aliphatic carboxylic acids is 1. The summed E-state index contributed by atoms with van der Waals surface area (Å²) in [7, 11) is 0. The Kier molecular flexibility index (Phi) is 5.53. The summed E-state index contributed by atoms with van der Waals surface area (Å²) in [6, 6.07) is 11.7. The van der Waals surface area contributed by atoms with Crippen molar-refractivity contribution >= 4 is 33.7 Å². The molecule has 0 spiro atoms. The summed E-state index contributed by atoms with van der Waals surface area (Å²) in [4.78, 5) is 11.2. The zero-order valence-electron chi connectivity index (χ0n) is 11.9. The van der Waals surface area contributed by atoms with Crippen molar-refractivity contribution in [2.75, 3.05) is 0 Å². The van der Waals surface area contributed by atoms with Gasteiger partial charge < -0.3 is 9.52 Å². The SMILES string of the molecule is CC(C)C(SCc1ccc(-c2ccc(Br)cc2)o1)C(=O)O. The van der Waals surface area contributed by atoms with Gasteiger partial charge in [-0.15, -0.1) is 11.8 Å². The van der Waals surface area contributed by atoms with Gasteiger partial charge in [-0.25, -0.2) is 0 Å². The van der Waals surface area contributed by atoms with Crippen molar-refractivity contribution in [1.29, 1.82) is 0 Å². The molecular formula is C16H17BrO3S. The summed E-state index contributed by atoms with van der Waals surface area (Å²) >= 11 is 4.80. The molecule has 1 aromatic heterocycles. The molecule has 0 radical (unpaired) electrons. The molecule has 0 aliphatic heterocycles. The van der Waals surface area contributed by atoms with Gasteiger partial charge in [-0.2, -0.15) is 0 Å². The number of furan rings is 1. The van der Waals surface area contributed by atoms with Crippen molar-refractivity contribution < 1.29 is 14.3 Å². The summed E-state index contributed by atoms with van der Waals surface area (Å²) < 4.78 is 6.81. The Labute approximate surface area is 136 Å². The van der Waals surface area contributed by atoms with E-state index in [1.165, 1.54) is 11.8 Å². The standard InChI is InChI=1S/C16H17BrO3S/c1-10(2)15(16(18)19)21-9-13-7-8-14(20-13)11-3-5-12(17)6-4-11/h3-8,10,15H,9H2,1-2H3,(H,18,19). The van der Waals surface area contributed by atoms with E-state index >= 15 is 0 Å². The summed E-state index contributed by atoms with van der Waals surface area (Å²) in [5, 5.41) is 8.76. The van der Waals surface area contributed by atoms with Crippen LogP contribution in [0, 0.1) is 5.92 Å². The van der Waals surface area contributed by atoms with E-state index in [9.17, 15) is 9.90 Å². The van der Waals surface area contributed by atoms with E-state index in [4.69, 9.17) is 4.42 Å². The minimum Gasteiger partial charge on any atom is -0.480 e. The van der Waals surface area contributed by atoms with Gasteiger partial charge in [-0.1, -0.05) is 41.9 Å². The number of hydrogen-bond donors (Lipinski definition) is 1. The van der Waals surface area contributed by atoms with Crippen molar-refractivity contribution in [3.8, 4) is 11.3 Å². The Morgan fingerprint density at radius 2 is 1.90 bits per heavy atom. The first-order valence-corrected chi connectivity index (χ1v) is 8.50. The Hall–Kier alpha value is -1.20. The van der Waals surface area contributed by atoms with E-state index in [0.717, 1.165) is 21.6 Å². The lowest BCUT2D eigenvalue weighted by atomic mass is 10.1. The molecule has 0 aliphatic carbocycles. The van der Waals surface area contributed by atoms with Gasteiger partial charge in [-0.3, -0.25) is 4.79 Å². The molecule has 2 aromatic rings. The quantitative estimate of drug-likeness (QED) is 0.774. The number of thioether (sulfide) groups is 1. The lowest BCUT2D eigenvalue weighted by Gasteiger charge is -2.14. The lowest BCUT2D eigenvalue weighted by molar-refractivity contribution is -0.137. The zero-order chi connectivity index (χ0) is 15.4. The number of hydrogen-bond acceptors (Lipinski definition) is 3. The number of halogens is 1. The van der Waals surface area contributed by atoms with Gasteiger partial charge >= 0.3 is 5.97 Å². The van der Waals surface area contributed by atoms with Crippen molar-refractivity contribution in [3.05, 3.63) is 46.6 Å². The van der Waals surface area contributed by atoms with E-state index in [-0.39, 0.29) is 5.92 Å². The third-order valence-corrected chi connectivity index (χ3v) is 5.13. The van der Waals surface area contributed by atoms with E-state index in [2.05, 4.69) is 15.9 Å². The van der Waals surface area contributed by atoms with Crippen LogP contribution in [-0.4, -0.2) is 16.3 Å². The number of carbonyl (C=O) groups is 1. The van der Waals surface area contributed by atoms with Crippen molar-refractivity contribution in [1.82, 2.24) is 0 Å². The summed E-state index contributed by atoms with van der Waals surface area (Å²) in [6.07, 6.45) is 0. The number of carboxylic acids is 1. The molecule has 5 heteroatoms. The number of rotatable bonds is 6. The zero-order valence-corrected chi connectivity index (χ0v) is 14.3. The molecule has 1 atom stereocenters. The fourth-order valence-corrected chi connectivity index (χ4v) is 3.24. The van der Waals surface area contributed by atoms with Crippen LogP contribution in [0.3, 0.4) is 0 Å². The molecule has 3 nitrogen and oxygen atoms in total. The number of benzene rings is 1. The predicted molar refractivity (Wildman–Crippen MR) is 89.4 cm³/mol. The minimum absolute atomic E-state index is 0.0911. The molecule has 0 saturated carbocycles. The van der Waals surface area contributed by atoms with Crippen molar-refractivity contribution in [2.45, 2.75) is 24.9 Å². The summed E-state index contributed by atoms with van der Waals surface area (Å²) in [6.45, 7) is 3.84. The third-order valence-electron chi connectivity index (χ3n) is 3.04. The maximum Gasteiger partial charge on any atom is 0.316 e. The molecular weight excluding hydrogens is 352 g/mol. The van der Waals surface area contributed by atoms with E-state index in [0.29, 0.717) is 5.75 Å². The molecule has 1 aromatic carbocycles. The van der Waals surface area contributed by atoms with Gasteiger partial charge in [0.05, 0.1) is 5.75 Å². The van der Waals surface area contributed by atoms with Crippen LogP contribution in [0.2, 0.25) is 0 Å². The van der Waals surface area contributed by atoms with Gasteiger partial charge in [0, 0.05) is 10.0 Å². The molecule has 0 fully saturated rings. The van der Waals surface area contributed by atoms with Crippen LogP contribution in [0.15, 0.2) is 45.3 Å². The van der Waals surface area contributed by atoms with Gasteiger partial charge in [-0.05, 0) is 30.2 Å². The van der Waals surface area contributed by atoms with Crippen LogP contribution >= 0.6 is 27.7 Å². The Morgan fingerprint density at radius 1 is 1.24 bits per heavy atom.